The molecule has 1 aromatic rings. The molecule has 1 atom stereocenters. The molecule has 0 aromatic carbocycles. The van der Waals surface area contributed by atoms with E-state index in [9.17, 15) is 4.79 Å². The fraction of sp³-hybridized carbons (Fsp3) is 0.667. The lowest BCUT2D eigenvalue weighted by molar-refractivity contribution is -0.158. The molecule has 22 heavy (non-hydrogen) atoms. The Balaban J connectivity index is 1.76. The van der Waals surface area contributed by atoms with Crippen molar-refractivity contribution in [1.29, 1.82) is 0 Å². The zero-order valence-electron chi connectivity index (χ0n) is 14.1. The molecule has 4 nitrogen and oxygen atoms in total. The minimum atomic E-state index is -0.449. The van der Waals surface area contributed by atoms with Gasteiger partial charge in [-0.1, -0.05) is 6.07 Å². The number of carbonyl (C=O) groups excluding carboxylic acids is 1. The lowest BCUT2D eigenvalue weighted by Gasteiger charge is -2.25. The fourth-order valence-corrected chi connectivity index (χ4v) is 3.22. The van der Waals surface area contributed by atoms with E-state index < -0.39 is 11.0 Å². The topological polar surface area (TPSA) is 42.4 Å². The van der Waals surface area contributed by atoms with Crippen LogP contribution in [-0.2, 0) is 14.9 Å². The summed E-state index contributed by atoms with van der Waals surface area (Å²) in [6.45, 7) is 9.06. The summed E-state index contributed by atoms with van der Waals surface area (Å²) < 4.78 is 5.59. The first-order chi connectivity index (χ1) is 10.3. The monoisotopic (exact) mass is 302 g/mol. The molecule has 0 bridgehead atoms. The largest absolute Gasteiger partial charge is 0.459 e. The van der Waals surface area contributed by atoms with E-state index in [1.54, 1.807) is 0 Å². The fourth-order valence-electron chi connectivity index (χ4n) is 3.22. The molecule has 0 radical (unpaired) electrons. The normalized spacial score (nSPS) is 23.5. The lowest BCUT2D eigenvalue weighted by atomic mass is 9.97. The minimum absolute atomic E-state index is 0.107. The molecule has 0 amide bonds. The van der Waals surface area contributed by atoms with Crippen molar-refractivity contribution in [3.8, 4) is 0 Å². The van der Waals surface area contributed by atoms with Crippen LogP contribution >= 0.6 is 0 Å². The van der Waals surface area contributed by atoms with Gasteiger partial charge in [0.1, 0.15) is 11.4 Å². The van der Waals surface area contributed by atoms with E-state index >= 15 is 0 Å². The minimum Gasteiger partial charge on any atom is -0.459 e. The van der Waals surface area contributed by atoms with Crippen molar-refractivity contribution < 1.29 is 9.53 Å². The SMILES string of the molecule is CC1CCCN1c1ccc(C2(C(=O)OC(C)(C)C)CC2)cn1. The summed E-state index contributed by atoms with van der Waals surface area (Å²) in [4.78, 5) is 19.4. The van der Waals surface area contributed by atoms with Crippen LogP contribution in [0.15, 0.2) is 18.3 Å². The molecule has 2 aliphatic rings. The van der Waals surface area contributed by atoms with Crippen LogP contribution in [0.3, 0.4) is 0 Å². The van der Waals surface area contributed by atoms with E-state index in [4.69, 9.17) is 4.74 Å². The molecule has 2 heterocycles. The van der Waals surface area contributed by atoms with E-state index in [0.717, 1.165) is 30.8 Å². The number of anilines is 1. The second kappa shape index (κ2) is 5.25. The first-order valence-electron chi connectivity index (χ1n) is 8.28. The quantitative estimate of drug-likeness (QED) is 0.802. The number of ether oxygens (including phenoxy) is 1. The van der Waals surface area contributed by atoms with Gasteiger partial charge in [0, 0.05) is 18.8 Å². The second-order valence-corrected chi connectivity index (χ2v) is 7.67. The molecular formula is C18H26N2O2. The predicted octanol–water partition coefficient (Wildman–Crippen LogP) is 3.44. The Hall–Kier alpha value is -1.58. The van der Waals surface area contributed by atoms with Crippen molar-refractivity contribution in [2.45, 2.75) is 70.4 Å². The third-order valence-electron chi connectivity index (χ3n) is 4.69. The average molecular weight is 302 g/mol. The molecule has 1 saturated heterocycles. The third kappa shape index (κ3) is 2.83. The van der Waals surface area contributed by atoms with E-state index in [0.29, 0.717) is 6.04 Å². The summed E-state index contributed by atoms with van der Waals surface area (Å²) in [5.41, 5.74) is 0.109. The lowest BCUT2D eigenvalue weighted by Crippen LogP contribution is -2.32. The number of nitrogens with zero attached hydrogens (tertiary/aromatic N) is 2. The van der Waals surface area contributed by atoms with Crippen molar-refractivity contribution in [3.05, 3.63) is 23.9 Å². The standard InChI is InChI=1S/C18H26N2O2/c1-13-6-5-11-20(13)15-8-7-14(12-19-15)18(9-10-18)16(21)22-17(2,3)4/h7-8,12-13H,5-6,9-11H2,1-4H3. The molecule has 0 N–H and O–H groups in total. The number of hydrogen-bond donors (Lipinski definition) is 0. The molecule has 0 spiro atoms. The predicted molar refractivity (Wildman–Crippen MR) is 87.0 cm³/mol. The van der Waals surface area contributed by atoms with Gasteiger partial charge in [-0.15, -0.1) is 0 Å². The van der Waals surface area contributed by atoms with Crippen molar-refractivity contribution >= 4 is 11.8 Å². The highest BCUT2D eigenvalue weighted by atomic mass is 16.6. The smallest absolute Gasteiger partial charge is 0.317 e. The summed E-state index contributed by atoms with van der Waals surface area (Å²) in [6.07, 6.45) is 6.06. The Morgan fingerprint density at radius 1 is 1.36 bits per heavy atom. The number of esters is 1. The Bertz CT molecular complexity index is 555. The summed E-state index contributed by atoms with van der Waals surface area (Å²) in [7, 11) is 0. The van der Waals surface area contributed by atoms with E-state index in [-0.39, 0.29) is 5.97 Å². The van der Waals surface area contributed by atoms with Gasteiger partial charge >= 0.3 is 5.97 Å². The van der Waals surface area contributed by atoms with Crippen molar-refractivity contribution in [1.82, 2.24) is 4.98 Å². The average Bonchev–Trinajstić information content (AvgIpc) is 3.15. The summed E-state index contributed by atoms with van der Waals surface area (Å²) in [6, 6.07) is 4.67. The zero-order valence-corrected chi connectivity index (χ0v) is 14.1. The van der Waals surface area contributed by atoms with Crippen LogP contribution in [0.5, 0.6) is 0 Å². The van der Waals surface area contributed by atoms with Crippen LogP contribution in [-0.4, -0.2) is 29.1 Å². The highest BCUT2D eigenvalue weighted by Crippen LogP contribution is 2.49. The molecule has 1 unspecified atom stereocenters. The number of hydrogen-bond acceptors (Lipinski definition) is 4. The van der Waals surface area contributed by atoms with Gasteiger partial charge in [-0.05, 0) is 65.0 Å². The van der Waals surface area contributed by atoms with E-state index in [2.05, 4.69) is 28.9 Å². The first-order valence-corrected chi connectivity index (χ1v) is 8.28. The third-order valence-corrected chi connectivity index (χ3v) is 4.69. The Morgan fingerprint density at radius 3 is 2.55 bits per heavy atom. The highest BCUT2D eigenvalue weighted by molar-refractivity contribution is 5.86. The van der Waals surface area contributed by atoms with Gasteiger partial charge in [0.15, 0.2) is 0 Å². The van der Waals surface area contributed by atoms with Crippen LogP contribution in [0.2, 0.25) is 0 Å². The second-order valence-electron chi connectivity index (χ2n) is 7.67. The van der Waals surface area contributed by atoms with Gasteiger partial charge in [-0.2, -0.15) is 0 Å². The van der Waals surface area contributed by atoms with Gasteiger partial charge in [-0.3, -0.25) is 4.79 Å². The molecule has 1 saturated carbocycles. The number of rotatable bonds is 3. The Labute approximate surface area is 132 Å². The zero-order chi connectivity index (χ0) is 16.0. The molecule has 3 rings (SSSR count). The van der Waals surface area contributed by atoms with Gasteiger partial charge < -0.3 is 9.64 Å². The molecule has 2 fully saturated rings. The van der Waals surface area contributed by atoms with Crippen molar-refractivity contribution in [2.75, 3.05) is 11.4 Å². The van der Waals surface area contributed by atoms with Crippen LogP contribution in [0.25, 0.3) is 0 Å². The summed E-state index contributed by atoms with van der Waals surface area (Å²) in [5, 5.41) is 0. The van der Waals surface area contributed by atoms with Crippen LogP contribution in [0, 0.1) is 0 Å². The van der Waals surface area contributed by atoms with Crippen LogP contribution < -0.4 is 4.90 Å². The Morgan fingerprint density at radius 2 is 2.09 bits per heavy atom. The van der Waals surface area contributed by atoms with Crippen molar-refractivity contribution in [3.63, 3.8) is 0 Å². The maximum absolute atomic E-state index is 12.5. The van der Waals surface area contributed by atoms with E-state index in [1.807, 2.05) is 27.0 Å². The summed E-state index contributed by atoms with van der Waals surface area (Å²) >= 11 is 0. The number of carbonyl (C=O) groups is 1. The van der Waals surface area contributed by atoms with E-state index in [1.165, 1.54) is 12.8 Å². The van der Waals surface area contributed by atoms with Crippen molar-refractivity contribution in [2.24, 2.45) is 0 Å². The van der Waals surface area contributed by atoms with Gasteiger partial charge in [0.25, 0.3) is 0 Å². The molecular weight excluding hydrogens is 276 g/mol. The number of pyridine rings is 1. The number of aromatic nitrogens is 1. The maximum atomic E-state index is 12.5. The van der Waals surface area contributed by atoms with Gasteiger partial charge in [0.2, 0.25) is 0 Å². The molecule has 120 valence electrons. The maximum Gasteiger partial charge on any atom is 0.317 e. The van der Waals surface area contributed by atoms with Gasteiger partial charge in [0.05, 0.1) is 5.41 Å². The molecule has 1 aromatic heterocycles. The van der Waals surface area contributed by atoms with Crippen LogP contribution in [0.4, 0.5) is 5.82 Å². The Kier molecular flexibility index (Phi) is 3.66. The summed E-state index contributed by atoms with van der Waals surface area (Å²) in [5.74, 6) is 0.915. The molecule has 4 heteroatoms. The highest BCUT2D eigenvalue weighted by Gasteiger charge is 2.54. The molecule has 1 aliphatic heterocycles. The first kappa shape index (κ1) is 15.3. The van der Waals surface area contributed by atoms with Crippen LogP contribution in [0.1, 0.15) is 58.9 Å². The van der Waals surface area contributed by atoms with Gasteiger partial charge in [-0.25, -0.2) is 4.98 Å². The molecule has 1 aliphatic carbocycles.